The van der Waals surface area contributed by atoms with Crippen molar-refractivity contribution in [3.8, 4) is 0 Å². The van der Waals surface area contributed by atoms with Crippen molar-refractivity contribution < 1.29 is 14.4 Å². The van der Waals surface area contributed by atoms with E-state index < -0.39 is 0 Å². The zero-order chi connectivity index (χ0) is 17.6. The minimum atomic E-state index is -0.343. The summed E-state index contributed by atoms with van der Waals surface area (Å²) in [6, 6.07) is 0. The molecule has 0 atom stereocenters. The molecular formula is C18H31N3O3. The summed E-state index contributed by atoms with van der Waals surface area (Å²) in [5.74, 6) is 0.209. The Morgan fingerprint density at radius 2 is 1.54 bits per heavy atom. The van der Waals surface area contributed by atoms with E-state index in [0.717, 1.165) is 44.5 Å². The fourth-order valence-corrected chi connectivity index (χ4v) is 3.12. The lowest BCUT2D eigenvalue weighted by atomic mass is 9.93. The van der Waals surface area contributed by atoms with Crippen LogP contribution in [0, 0.1) is 5.41 Å². The molecule has 0 spiro atoms. The highest BCUT2D eigenvalue weighted by molar-refractivity contribution is 5.88. The largest absolute Gasteiger partial charge is 0.386 e. The van der Waals surface area contributed by atoms with Crippen molar-refractivity contribution in [2.24, 2.45) is 10.6 Å². The van der Waals surface area contributed by atoms with E-state index in [1.54, 1.807) is 0 Å². The van der Waals surface area contributed by atoms with Gasteiger partial charge in [-0.2, -0.15) is 0 Å². The summed E-state index contributed by atoms with van der Waals surface area (Å²) in [6.07, 6.45) is 6.02. The van der Waals surface area contributed by atoms with Gasteiger partial charge in [0.15, 0.2) is 6.61 Å². The number of rotatable bonds is 3. The number of carbonyl (C=O) groups excluding carboxylic acids is 2. The van der Waals surface area contributed by atoms with E-state index >= 15 is 0 Å². The maximum atomic E-state index is 12.2. The molecule has 6 nitrogen and oxygen atoms in total. The fraction of sp³-hybridized carbons (Fsp3) is 0.833. The first-order valence-electron chi connectivity index (χ1n) is 9.13. The monoisotopic (exact) mass is 337 g/mol. The smallest absolute Gasteiger partial charge is 0.263 e. The molecule has 2 fully saturated rings. The summed E-state index contributed by atoms with van der Waals surface area (Å²) in [5.41, 5.74) is 0.599. The van der Waals surface area contributed by atoms with Crippen LogP contribution < -0.4 is 0 Å². The minimum Gasteiger partial charge on any atom is -0.386 e. The van der Waals surface area contributed by atoms with Gasteiger partial charge in [-0.05, 0) is 12.8 Å². The lowest BCUT2D eigenvalue weighted by Crippen LogP contribution is -2.44. The van der Waals surface area contributed by atoms with E-state index in [1.807, 2.05) is 30.6 Å². The summed E-state index contributed by atoms with van der Waals surface area (Å²) in [4.78, 5) is 33.4. The van der Waals surface area contributed by atoms with Gasteiger partial charge in [-0.15, -0.1) is 0 Å². The standard InChI is InChI=1S/C18H31N3O3/c1-18(2,3)17(23)21-12-8-15(9-13-21)19-24-14-16(22)20-10-6-4-5-7-11-20/h4-14H2,1-3H3. The van der Waals surface area contributed by atoms with Gasteiger partial charge >= 0.3 is 0 Å². The molecule has 2 saturated heterocycles. The highest BCUT2D eigenvalue weighted by Crippen LogP contribution is 2.20. The molecule has 2 aliphatic heterocycles. The Bertz CT molecular complexity index is 464. The highest BCUT2D eigenvalue weighted by Gasteiger charge is 2.29. The topological polar surface area (TPSA) is 62.2 Å². The molecule has 2 aliphatic rings. The number of oxime groups is 1. The first kappa shape index (κ1) is 18.7. The number of hydrogen-bond acceptors (Lipinski definition) is 4. The van der Waals surface area contributed by atoms with Crippen molar-refractivity contribution in [3.05, 3.63) is 0 Å². The van der Waals surface area contributed by atoms with E-state index in [-0.39, 0.29) is 23.8 Å². The molecule has 24 heavy (non-hydrogen) atoms. The maximum Gasteiger partial charge on any atom is 0.263 e. The molecule has 0 aliphatic carbocycles. The Morgan fingerprint density at radius 3 is 2.08 bits per heavy atom. The number of nitrogens with zero attached hydrogens (tertiary/aromatic N) is 3. The summed E-state index contributed by atoms with van der Waals surface area (Å²) < 4.78 is 0. The first-order valence-corrected chi connectivity index (χ1v) is 9.13. The van der Waals surface area contributed by atoms with Crippen LogP contribution >= 0.6 is 0 Å². The summed E-state index contributed by atoms with van der Waals surface area (Å²) in [7, 11) is 0. The molecule has 0 N–H and O–H groups in total. The first-order chi connectivity index (χ1) is 11.4. The molecule has 0 aromatic heterocycles. The van der Waals surface area contributed by atoms with E-state index in [2.05, 4.69) is 5.16 Å². The van der Waals surface area contributed by atoms with Crippen LogP contribution in [0.25, 0.3) is 0 Å². The predicted molar refractivity (Wildman–Crippen MR) is 93.7 cm³/mol. The van der Waals surface area contributed by atoms with Gasteiger partial charge in [0.25, 0.3) is 5.91 Å². The third kappa shape index (κ3) is 5.49. The second-order valence-corrected chi connectivity index (χ2v) is 7.77. The average molecular weight is 337 g/mol. The molecule has 2 amide bonds. The van der Waals surface area contributed by atoms with Crippen molar-refractivity contribution in [2.45, 2.75) is 59.3 Å². The Kier molecular flexibility index (Phi) is 6.63. The van der Waals surface area contributed by atoms with Crippen LogP contribution in [0.15, 0.2) is 5.16 Å². The van der Waals surface area contributed by atoms with Crippen LogP contribution in [0.4, 0.5) is 0 Å². The summed E-state index contributed by atoms with van der Waals surface area (Å²) >= 11 is 0. The number of carbonyl (C=O) groups is 2. The zero-order valence-electron chi connectivity index (χ0n) is 15.3. The number of likely N-dealkylation sites (tertiary alicyclic amines) is 2. The average Bonchev–Trinajstić information content (AvgIpc) is 2.83. The Morgan fingerprint density at radius 1 is 0.958 bits per heavy atom. The van der Waals surface area contributed by atoms with Gasteiger partial charge in [-0.3, -0.25) is 9.59 Å². The quantitative estimate of drug-likeness (QED) is 0.743. The van der Waals surface area contributed by atoms with E-state index in [9.17, 15) is 9.59 Å². The van der Waals surface area contributed by atoms with Gasteiger partial charge in [0.05, 0.1) is 5.71 Å². The molecule has 0 radical (unpaired) electrons. The normalized spacial score (nSPS) is 19.7. The van der Waals surface area contributed by atoms with Crippen LogP contribution in [-0.4, -0.2) is 60.1 Å². The Balaban J connectivity index is 1.72. The molecule has 0 unspecified atom stereocenters. The second kappa shape index (κ2) is 8.49. The molecule has 6 heteroatoms. The van der Waals surface area contributed by atoms with Crippen LogP contribution in [0.5, 0.6) is 0 Å². The fourth-order valence-electron chi connectivity index (χ4n) is 3.12. The van der Waals surface area contributed by atoms with Crippen LogP contribution in [-0.2, 0) is 14.4 Å². The molecule has 2 heterocycles. The van der Waals surface area contributed by atoms with Gasteiger partial charge in [-0.25, -0.2) is 0 Å². The minimum absolute atomic E-state index is 0.0220. The van der Waals surface area contributed by atoms with Gasteiger partial charge < -0.3 is 14.6 Å². The van der Waals surface area contributed by atoms with Crippen LogP contribution in [0.1, 0.15) is 59.3 Å². The second-order valence-electron chi connectivity index (χ2n) is 7.77. The third-order valence-electron chi connectivity index (χ3n) is 4.61. The van der Waals surface area contributed by atoms with Crippen LogP contribution in [0.3, 0.4) is 0 Å². The summed E-state index contributed by atoms with van der Waals surface area (Å²) in [6.45, 7) is 8.87. The number of hydrogen-bond donors (Lipinski definition) is 0. The lowest BCUT2D eigenvalue weighted by Gasteiger charge is -2.32. The van der Waals surface area contributed by atoms with E-state index in [1.165, 1.54) is 12.8 Å². The SMILES string of the molecule is CC(C)(C)C(=O)N1CCC(=NOCC(=O)N2CCCCCC2)CC1. The van der Waals surface area contributed by atoms with Crippen LogP contribution in [0.2, 0.25) is 0 Å². The highest BCUT2D eigenvalue weighted by atomic mass is 16.6. The molecule has 0 saturated carbocycles. The molecule has 0 bridgehead atoms. The van der Waals surface area contributed by atoms with E-state index in [4.69, 9.17) is 4.84 Å². The molecular weight excluding hydrogens is 306 g/mol. The molecule has 136 valence electrons. The Labute approximate surface area is 145 Å². The van der Waals surface area contributed by atoms with Gasteiger partial charge in [0, 0.05) is 44.4 Å². The summed E-state index contributed by atoms with van der Waals surface area (Å²) in [5, 5.41) is 4.13. The third-order valence-corrected chi connectivity index (χ3v) is 4.61. The predicted octanol–water partition coefficient (Wildman–Crippen LogP) is 2.43. The molecule has 0 aromatic rings. The van der Waals surface area contributed by atoms with Crippen molar-refractivity contribution >= 4 is 17.5 Å². The van der Waals surface area contributed by atoms with E-state index in [0.29, 0.717) is 13.1 Å². The van der Waals surface area contributed by atoms with Crippen molar-refractivity contribution in [2.75, 3.05) is 32.8 Å². The number of piperidine rings is 1. The Hall–Kier alpha value is -1.59. The number of amides is 2. The zero-order valence-corrected chi connectivity index (χ0v) is 15.3. The van der Waals surface area contributed by atoms with Crippen molar-refractivity contribution in [1.82, 2.24) is 9.80 Å². The van der Waals surface area contributed by atoms with Gasteiger partial charge in [0.1, 0.15) is 0 Å². The maximum absolute atomic E-state index is 12.2. The molecule has 0 aromatic carbocycles. The lowest BCUT2D eigenvalue weighted by molar-refractivity contribution is -0.139. The van der Waals surface area contributed by atoms with Crippen molar-refractivity contribution in [3.63, 3.8) is 0 Å². The van der Waals surface area contributed by atoms with Gasteiger partial charge in [-0.1, -0.05) is 38.8 Å². The van der Waals surface area contributed by atoms with Gasteiger partial charge in [0.2, 0.25) is 5.91 Å². The van der Waals surface area contributed by atoms with Crippen molar-refractivity contribution in [1.29, 1.82) is 0 Å². The molecule has 2 rings (SSSR count).